The number of aromatic nitrogens is 1. The van der Waals surface area contributed by atoms with E-state index in [2.05, 4.69) is 16.4 Å². The van der Waals surface area contributed by atoms with E-state index in [9.17, 15) is 19.6 Å². The number of carbonyl (C=O) groups excluding carboxylic acids is 3. The van der Waals surface area contributed by atoms with Gasteiger partial charge in [-0.1, -0.05) is 30.3 Å². The second-order valence-corrected chi connectivity index (χ2v) is 8.02. The highest BCUT2D eigenvalue weighted by atomic mass is 16.2. The number of likely N-dealkylation sites (tertiary alicyclic amines) is 1. The molecule has 0 bridgehead atoms. The molecule has 0 saturated carbocycles. The number of rotatable bonds is 5. The molecule has 1 aromatic heterocycles. The number of likely N-dealkylation sites (N-methyl/N-ethyl adjacent to an activating group) is 1. The topological polar surface area (TPSA) is 106 Å². The smallest absolute Gasteiger partial charge is 0.254 e. The van der Waals surface area contributed by atoms with Gasteiger partial charge in [-0.3, -0.25) is 19.4 Å². The minimum atomic E-state index is -0.714. The van der Waals surface area contributed by atoms with Crippen LogP contribution < -0.4 is 5.32 Å². The highest BCUT2D eigenvalue weighted by Crippen LogP contribution is 2.25. The van der Waals surface area contributed by atoms with E-state index >= 15 is 0 Å². The zero-order chi connectivity index (χ0) is 23.4. The monoisotopic (exact) mass is 441 g/mol. The van der Waals surface area contributed by atoms with E-state index in [4.69, 9.17) is 0 Å². The molecule has 8 heteroatoms. The second kappa shape index (κ2) is 9.49. The second-order valence-electron chi connectivity index (χ2n) is 8.02. The van der Waals surface area contributed by atoms with Crippen molar-refractivity contribution in [3.8, 4) is 6.07 Å². The maximum absolute atomic E-state index is 13.0. The van der Waals surface area contributed by atoms with Crippen LogP contribution in [0.25, 0.3) is 10.9 Å². The Hall–Kier alpha value is -4.25. The van der Waals surface area contributed by atoms with Crippen LogP contribution in [0.5, 0.6) is 0 Å². The van der Waals surface area contributed by atoms with Crippen LogP contribution >= 0.6 is 0 Å². The van der Waals surface area contributed by atoms with Gasteiger partial charge in [-0.15, -0.1) is 0 Å². The van der Waals surface area contributed by atoms with Gasteiger partial charge in [0.2, 0.25) is 11.8 Å². The molecule has 3 amide bonds. The highest BCUT2D eigenvalue weighted by molar-refractivity contribution is 6.07. The number of nitrogens with zero attached hydrogens (tertiary/aromatic N) is 4. The maximum Gasteiger partial charge on any atom is 0.254 e. The van der Waals surface area contributed by atoms with Crippen LogP contribution in [0, 0.1) is 17.2 Å². The molecule has 3 aromatic rings. The third kappa shape index (κ3) is 4.67. The number of amides is 3. The predicted molar refractivity (Wildman–Crippen MR) is 123 cm³/mol. The van der Waals surface area contributed by atoms with Crippen LogP contribution in [0.3, 0.4) is 0 Å². The fourth-order valence-corrected chi connectivity index (χ4v) is 4.05. The van der Waals surface area contributed by atoms with Gasteiger partial charge in [0.25, 0.3) is 5.91 Å². The molecule has 0 radical (unpaired) electrons. The normalized spacial score (nSPS) is 17.4. The van der Waals surface area contributed by atoms with E-state index < -0.39 is 12.0 Å². The predicted octanol–water partition coefficient (Wildman–Crippen LogP) is 2.69. The van der Waals surface area contributed by atoms with Gasteiger partial charge in [-0.25, -0.2) is 0 Å². The lowest BCUT2D eigenvalue weighted by Crippen LogP contribution is -2.43. The summed E-state index contributed by atoms with van der Waals surface area (Å²) < 4.78 is 0. The minimum absolute atomic E-state index is 0.135. The van der Waals surface area contributed by atoms with Crippen molar-refractivity contribution in [3.05, 3.63) is 72.4 Å². The molecule has 1 aliphatic heterocycles. The SMILES string of the molecule is CN(CC(=O)N1CC(C(=O)Nc2ccccc2)CC1C#N)C(=O)c1cccc2ncccc12. The minimum Gasteiger partial charge on any atom is -0.332 e. The Kier molecular flexibility index (Phi) is 6.31. The van der Waals surface area contributed by atoms with Crippen molar-refractivity contribution in [2.24, 2.45) is 5.92 Å². The lowest BCUT2D eigenvalue weighted by molar-refractivity contribution is -0.131. The molecule has 1 saturated heterocycles. The number of benzene rings is 2. The molecule has 2 heterocycles. The van der Waals surface area contributed by atoms with Crippen LogP contribution in [-0.2, 0) is 9.59 Å². The Morgan fingerprint density at radius 1 is 1.12 bits per heavy atom. The van der Waals surface area contributed by atoms with Crippen molar-refractivity contribution in [3.63, 3.8) is 0 Å². The number of para-hydroxylation sites is 1. The summed E-state index contributed by atoms with van der Waals surface area (Å²) in [5.41, 5.74) is 1.81. The number of carbonyl (C=O) groups is 3. The van der Waals surface area contributed by atoms with Crippen molar-refractivity contribution in [2.75, 3.05) is 25.5 Å². The van der Waals surface area contributed by atoms with Gasteiger partial charge in [-0.2, -0.15) is 5.26 Å². The van der Waals surface area contributed by atoms with Gasteiger partial charge >= 0.3 is 0 Å². The molecule has 8 nitrogen and oxygen atoms in total. The summed E-state index contributed by atoms with van der Waals surface area (Å²) in [6.45, 7) is -0.0589. The molecule has 0 spiro atoms. The number of pyridine rings is 1. The third-order valence-electron chi connectivity index (χ3n) is 5.78. The molecule has 166 valence electrons. The van der Waals surface area contributed by atoms with Gasteiger partial charge in [-0.05, 0) is 36.8 Å². The van der Waals surface area contributed by atoms with Gasteiger partial charge in [0.1, 0.15) is 6.04 Å². The first-order chi connectivity index (χ1) is 16.0. The number of anilines is 1. The zero-order valence-electron chi connectivity index (χ0n) is 18.1. The molecular formula is C25H23N5O3. The molecular weight excluding hydrogens is 418 g/mol. The molecule has 0 aliphatic carbocycles. The number of fused-ring (bicyclic) bond motifs is 1. The van der Waals surface area contributed by atoms with Gasteiger partial charge < -0.3 is 15.1 Å². The average molecular weight is 441 g/mol. The van der Waals surface area contributed by atoms with Crippen LogP contribution in [0.1, 0.15) is 16.8 Å². The Morgan fingerprint density at radius 3 is 2.67 bits per heavy atom. The van der Waals surface area contributed by atoms with Crippen LogP contribution in [0.15, 0.2) is 66.9 Å². The first kappa shape index (κ1) is 22.0. The first-order valence-electron chi connectivity index (χ1n) is 10.6. The molecule has 33 heavy (non-hydrogen) atoms. The fraction of sp³-hybridized carbons (Fsp3) is 0.240. The summed E-state index contributed by atoms with van der Waals surface area (Å²) in [4.78, 5) is 45.7. The Balaban J connectivity index is 1.43. The molecule has 2 unspecified atom stereocenters. The van der Waals surface area contributed by atoms with Crippen molar-refractivity contribution >= 4 is 34.3 Å². The first-order valence-corrected chi connectivity index (χ1v) is 10.6. The lowest BCUT2D eigenvalue weighted by atomic mass is 10.1. The van der Waals surface area contributed by atoms with Crippen LogP contribution in [0.2, 0.25) is 0 Å². The summed E-state index contributed by atoms with van der Waals surface area (Å²) in [6, 6.07) is 19.3. The molecule has 4 rings (SSSR count). The largest absolute Gasteiger partial charge is 0.332 e. The van der Waals surface area contributed by atoms with Gasteiger partial charge in [0, 0.05) is 36.4 Å². The zero-order valence-corrected chi connectivity index (χ0v) is 18.1. The molecule has 2 atom stereocenters. The number of hydrogen-bond donors (Lipinski definition) is 1. The number of nitriles is 1. The molecule has 1 N–H and O–H groups in total. The quantitative estimate of drug-likeness (QED) is 0.655. The van der Waals surface area contributed by atoms with Gasteiger partial charge in [0.15, 0.2) is 0 Å². The van der Waals surface area contributed by atoms with Crippen molar-refractivity contribution in [2.45, 2.75) is 12.5 Å². The summed E-state index contributed by atoms with van der Waals surface area (Å²) in [7, 11) is 1.55. The van der Waals surface area contributed by atoms with E-state index in [0.717, 1.165) is 0 Å². The average Bonchev–Trinajstić information content (AvgIpc) is 3.29. The Bertz CT molecular complexity index is 1230. The molecule has 1 fully saturated rings. The summed E-state index contributed by atoms with van der Waals surface area (Å²) in [5.74, 6) is -1.41. The van der Waals surface area contributed by atoms with E-state index in [-0.39, 0.29) is 37.2 Å². The highest BCUT2D eigenvalue weighted by Gasteiger charge is 2.39. The Morgan fingerprint density at radius 2 is 1.91 bits per heavy atom. The lowest BCUT2D eigenvalue weighted by Gasteiger charge is -2.24. The summed E-state index contributed by atoms with van der Waals surface area (Å²) in [6.07, 6.45) is 1.91. The summed E-state index contributed by atoms with van der Waals surface area (Å²) in [5, 5.41) is 13.1. The van der Waals surface area contributed by atoms with Crippen LogP contribution in [-0.4, -0.2) is 58.7 Å². The standard InChI is InChI=1S/C25H23N5O3/c1-29(25(33)21-9-5-11-22-20(21)10-6-12-27-22)16-23(31)30-15-17(13-19(30)14-26)24(32)28-18-7-3-2-4-8-18/h2-12,17,19H,13,15-16H2,1H3,(H,28,32). The van der Waals surface area contributed by atoms with E-state index in [1.54, 1.807) is 43.6 Å². The maximum atomic E-state index is 13.0. The van der Waals surface area contributed by atoms with E-state index in [1.807, 2.05) is 30.3 Å². The third-order valence-corrected chi connectivity index (χ3v) is 5.78. The van der Waals surface area contributed by atoms with Crippen molar-refractivity contribution < 1.29 is 14.4 Å². The number of hydrogen-bond acceptors (Lipinski definition) is 5. The fourth-order valence-electron chi connectivity index (χ4n) is 4.05. The van der Waals surface area contributed by atoms with E-state index in [1.165, 1.54) is 9.80 Å². The molecule has 2 aromatic carbocycles. The van der Waals surface area contributed by atoms with Crippen molar-refractivity contribution in [1.29, 1.82) is 5.26 Å². The van der Waals surface area contributed by atoms with E-state index in [0.29, 0.717) is 22.2 Å². The summed E-state index contributed by atoms with van der Waals surface area (Å²) >= 11 is 0. The Labute approximate surface area is 191 Å². The van der Waals surface area contributed by atoms with Crippen molar-refractivity contribution in [1.82, 2.24) is 14.8 Å². The van der Waals surface area contributed by atoms with Gasteiger partial charge in [0.05, 0.1) is 24.0 Å². The molecule has 1 aliphatic rings. The number of nitrogens with one attached hydrogen (secondary N) is 1. The van der Waals surface area contributed by atoms with Crippen LogP contribution in [0.4, 0.5) is 5.69 Å².